The van der Waals surface area contributed by atoms with Crippen LogP contribution in [-0.4, -0.2) is 35.8 Å². The van der Waals surface area contributed by atoms with Crippen molar-refractivity contribution in [3.8, 4) is 33.1 Å². The summed E-state index contributed by atoms with van der Waals surface area (Å²) in [6.45, 7) is 1.93. The van der Waals surface area contributed by atoms with Gasteiger partial charge in [0.2, 0.25) is 0 Å². The zero-order chi connectivity index (χ0) is 25.7. The summed E-state index contributed by atoms with van der Waals surface area (Å²) in [5.74, 6) is -0.876. The highest BCUT2D eigenvalue weighted by Crippen LogP contribution is 2.41. The maximum atomic E-state index is 11.7. The molecule has 0 fully saturated rings. The van der Waals surface area contributed by atoms with E-state index in [4.69, 9.17) is 21.6 Å². The van der Waals surface area contributed by atoms with Gasteiger partial charge in [0.15, 0.2) is 0 Å². The number of pyridine rings is 2. The molecule has 182 valence electrons. The molecule has 0 bridgehead atoms. The Morgan fingerprint density at radius 3 is 2.57 bits per heavy atom. The van der Waals surface area contributed by atoms with Crippen molar-refractivity contribution in [2.45, 2.75) is 13.3 Å². The Morgan fingerprint density at radius 1 is 0.973 bits per heavy atom. The molecule has 0 amide bonds. The first-order chi connectivity index (χ1) is 17.9. The fourth-order valence-corrected chi connectivity index (χ4v) is 5.79. The molecule has 9 heteroatoms. The topological polar surface area (TPSA) is 93.8 Å². The second-order valence-corrected chi connectivity index (χ2v) is 10.3. The number of carboxylic acids is 1. The average Bonchev–Trinajstić information content (AvgIpc) is 3.47. The summed E-state index contributed by atoms with van der Waals surface area (Å²) < 4.78 is 2.68. The van der Waals surface area contributed by atoms with Gasteiger partial charge in [0, 0.05) is 29.4 Å². The maximum Gasteiger partial charge on any atom is 0.307 e. The van der Waals surface area contributed by atoms with E-state index in [0.29, 0.717) is 5.02 Å². The number of aliphatic carboxylic acids is 1. The van der Waals surface area contributed by atoms with E-state index in [2.05, 4.69) is 10.1 Å². The lowest BCUT2D eigenvalue weighted by Gasteiger charge is -2.13. The highest BCUT2D eigenvalue weighted by Gasteiger charge is 2.20. The molecule has 0 atom stereocenters. The summed E-state index contributed by atoms with van der Waals surface area (Å²) in [4.78, 5) is 25.9. The first-order valence-corrected chi connectivity index (χ1v) is 12.7. The smallest absolute Gasteiger partial charge is 0.307 e. The van der Waals surface area contributed by atoms with Crippen molar-refractivity contribution in [1.29, 1.82) is 0 Å². The van der Waals surface area contributed by atoms with Crippen LogP contribution in [0.25, 0.3) is 54.3 Å². The fraction of sp³-hybridized carbons (Fsp3) is 0.107. The van der Waals surface area contributed by atoms with Crippen LogP contribution in [0.4, 0.5) is 0 Å². The van der Waals surface area contributed by atoms with Gasteiger partial charge < -0.3 is 5.11 Å². The molecule has 2 aromatic carbocycles. The van der Waals surface area contributed by atoms with Crippen LogP contribution >= 0.6 is 22.9 Å². The SMILES string of the molecule is Cc1cc2nc(-c3ccnc(-c4ccc5nn(C)cc5n4)c3)sc2c(-c2ccc(Cl)cc2)c1CC(=O)O. The maximum absolute atomic E-state index is 11.7. The molecular weight excluding hydrogens is 506 g/mol. The number of carboxylic acid groups (broad SMARTS) is 1. The second-order valence-electron chi connectivity index (χ2n) is 8.83. The van der Waals surface area contributed by atoms with Gasteiger partial charge in [-0.2, -0.15) is 5.10 Å². The van der Waals surface area contributed by atoms with Gasteiger partial charge in [0.05, 0.1) is 34.2 Å². The van der Waals surface area contributed by atoms with E-state index in [-0.39, 0.29) is 6.42 Å². The minimum absolute atomic E-state index is 0.0745. The van der Waals surface area contributed by atoms with Crippen LogP contribution in [-0.2, 0) is 18.3 Å². The number of carbonyl (C=O) groups is 1. The molecule has 4 heterocycles. The van der Waals surface area contributed by atoms with Crippen molar-refractivity contribution >= 4 is 50.2 Å². The summed E-state index contributed by atoms with van der Waals surface area (Å²) in [5.41, 5.74) is 8.33. The van der Waals surface area contributed by atoms with Gasteiger partial charge in [0.1, 0.15) is 16.0 Å². The minimum Gasteiger partial charge on any atom is -0.481 e. The molecule has 0 radical (unpaired) electrons. The van der Waals surface area contributed by atoms with Gasteiger partial charge >= 0.3 is 5.97 Å². The van der Waals surface area contributed by atoms with Crippen LogP contribution in [0.3, 0.4) is 0 Å². The molecule has 7 nitrogen and oxygen atoms in total. The summed E-state index contributed by atoms with van der Waals surface area (Å²) >= 11 is 7.67. The largest absolute Gasteiger partial charge is 0.481 e. The number of nitrogens with zero attached hydrogens (tertiary/aromatic N) is 5. The quantitative estimate of drug-likeness (QED) is 0.274. The lowest BCUT2D eigenvalue weighted by molar-refractivity contribution is -0.136. The molecule has 0 aliphatic rings. The number of rotatable bonds is 5. The van der Waals surface area contributed by atoms with E-state index in [0.717, 1.165) is 65.5 Å². The molecule has 4 aromatic heterocycles. The monoisotopic (exact) mass is 525 g/mol. The summed E-state index contributed by atoms with van der Waals surface area (Å²) in [6.07, 6.45) is 3.56. The van der Waals surface area contributed by atoms with Gasteiger partial charge in [-0.25, -0.2) is 9.97 Å². The Balaban J connectivity index is 1.50. The van der Waals surface area contributed by atoms with Gasteiger partial charge in [0.25, 0.3) is 0 Å². The van der Waals surface area contributed by atoms with E-state index in [1.807, 2.05) is 74.8 Å². The Morgan fingerprint density at radius 2 is 1.78 bits per heavy atom. The number of aryl methyl sites for hydroxylation is 2. The van der Waals surface area contributed by atoms with E-state index in [1.165, 1.54) is 11.3 Å². The standard InChI is InChI=1S/C28H20ClN5O2S/c1-15-11-23-27(26(19(15)13-25(35)36)16-3-5-18(29)6-4-16)37-28(32-23)17-9-10-30-22(12-17)20-7-8-21-24(31-20)14-34(2)33-21/h3-12,14H,13H2,1-2H3,(H,35,36). The van der Waals surface area contributed by atoms with E-state index in [9.17, 15) is 9.90 Å². The Hall–Kier alpha value is -4.14. The van der Waals surface area contributed by atoms with Crippen molar-refractivity contribution in [3.05, 3.63) is 83.1 Å². The van der Waals surface area contributed by atoms with Crippen molar-refractivity contribution < 1.29 is 9.90 Å². The number of hydrogen-bond acceptors (Lipinski definition) is 6. The first kappa shape index (κ1) is 23.3. The van der Waals surface area contributed by atoms with Gasteiger partial charge in [-0.3, -0.25) is 14.5 Å². The second kappa shape index (κ2) is 9.06. The highest BCUT2D eigenvalue weighted by molar-refractivity contribution is 7.22. The van der Waals surface area contributed by atoms with Crippen LogP contribution in [0.15, 0.2) is 67.0 Å². The summed E-state index contributed by atoms with van der Waals surface area (Å²) in [7, 11) is 1.87. The zero-order valence-corrected chi connectivity index (χ0v) is 21.5. The minimum atomic E-state index is -0.876. The van der Waals surface area contributed by atoms with Crippen molar-refractivity contribution in [3.63, 3.8) is 0 Å². The number of aromatic nitrogens is 5. The third-order valence-corrected chi connectivity index (χ3v) is 7.61. The molecule has 6 rings (SSSR count). The van der Waals surface area contributed by atoms with Crippen LogP contribution in [0.1, 0.15) is 11.1 Å². The Bertz CT molecular complexity index is 1820. The molecule has 0 aliphatic heterocycles. The summed E-state index contributed by atoms with van der Waals surface area (Å²) in [5, 5.41) is 15.5. The lowest BCUT2D eigenvalue weighted by atomic mass is 9.93. The Labute approximate surface area is 221 Å². The predicted molar refractivity (Wildman–Crippen MR) is 147 cm³/mol. The number of halogens is 1. The number of hydrogen-bond donors (Lipinski definition) is 1. The normalized spacial score (nSPS) is 11.4. The average molecular weight is 526 g/mol. The molecular formula is C28H20ClN5O2S. The highest BCUT2D eigenvalue weighted by atomic mass is 35.5. The molecule has 0 saturated heterocycles. The molecule has 0 saturated carbocycles. The van der Waals surface area contributed by atoms with E-state index < -0.39 is 5.97 Å². The third-order valence-electron chi connectivity index (χ3n) is 6.22. The van der Waals surface area contributed by atoms with Crippen molar-refractivity contribution in [2.24, 2.45) is 7.05 Å². The van der Waals surface area contributed by atoms with Crippen molar-refractivity contribution in [2.75, 3.05) is 0 Å². The molecule has 0 unspecified atom stereocenters. The zero-order valence-electron chi connectivity index (χ0n) is 19.9. The summed E-state index contributed by atoms with van der Waals surface area (Å²) in [6, 6.07) is 17.2. The molecule has 6 aromatic rings. The van der Waals surface area contributed by atoms with Gasteiger partial charge in [-0.15, -0.1) is 11.3 Å². The van der Waals surface area contributed by atoms with Crippen LogP contribution in [0.5, 0.6) is 0 Å². The van der Waals surface area contributed by atoms with Gasteiger partial charge in [-0.05, 0) is 66.1 Å². The lowest BCUT2D eigenvalue weighted by Crippen LogP contribution is -2.04. The molecule has 1 N–H and O–H groups in total. The number of thiazole rings is 1. The molecule has 0 aliphatic carbocycles. The van der Waals surface area contributed by atoms with E-state index >= 15 is 0 Å². The van der Waals surface area contributed by atoms with Crippen LogP contribution in [0, 0.1) is 6.92 Å². The molecule has 0 spiro atoms. The molecule has 37 heavy (non-hydrogen) atoms. The first-order valence-electron chi connectivity index (χ1n) is 11.5. The third kappa shape index (κ3) is 4.34. The number of fused-ring (bicyclic) bond motifs is 2. The number of benzene rings is 2. The van der Waals surface area contributed by atoms with Gasteiger partial charge in [-0.1, -0.05) is 23.7 Å². The van der Waals surface area contributed by atoms with Crippen molar-refractivity contribution in [1.82, 2.24) is 24.7 Å². The van der Waals surface area contributed by atoms with E-state index in [1.54, 1.807) is 10.9 Å². The predicted octanol–water partition coefficient (Wildman–Crippen LogP) is 6.56. The van der Waals surface area contributed by atoms with Crippen LogP contribution in [0.2, 0.25) is 5.02 Å². The Kier molecular flexibility index (Phi) is 5.70. The van der Waals surface area contributed by atoms with Crippen LogP contribution < -0.4 is 0 Å². The fourth-order valence-electron chi connectivity index (χ4n) is 4.53.